The lowest BCUT2D eigenvalue weighted by atomic mass is 9.95. The van der Waals surface area contributed by atoms with Crippen molar-refractivity contribution in [3.8, 4) is 0 Å². The number of rotatable bonds is 3. The molecule has 1 aromatic carbocycles. The number of amides is 1. The van der Waals surface area contributed by atoms with E-state index in [9.17, 15) is 4.79 Å². The number of nitrogens with two attached hydrogens (primary N) is 1. The van der Waals surface area contributed by atoms with Gasteiger partial charge in [-0.15, -0.1) is 0 Å². The normalized spacial score (nSPS) is 23.4. The summed E-state index contributed by atoms with van der Waals surface area (Å²) in [5.41, 5.74) is 6.80. The third kappa shape index (κ3) is 3.48. The van der Waals surface area contributed by atoms with Crippen molar-refractivity contribution in [3.05, 3.63) is 34.9 Å². The highest BCUT2D eigenvalue weighted by molar-refractivity contribution is 6.30. The van der Waals surface area contributed by atoms with Gasteiger partial charge in [0, 0.05) is 23.7 Å². The van der Waals surface area contributed by atoms with Gasteiger partial charge in [-0.3, -0.25) is 4.79 Å². The van der Waals surface area contributed by atoms with Gasteiger partial charge in [0.25, 0.3) is 0 Å². The highest BCUT2D eigenvalue weighted by Gasteiger charge is 2.30. The van der Waals surface area contributed by atoms with Crippen LogP contribution in [0.4, 0.5) is 0 Å². The van der Waals surface area contributed by atoms with E-state index >= 15 is 0 Å². The van der Waals surface area contributed by atoms with E-state index in [0.717, 1.165) is 24.8 Å². The van der Waals surface area contributed by atoms with Gasteiger partial charge in [-0.2, -0.15) is 0 Å². The maximum Gasteiger partial charge on any atom is 0.227 e. The average molecular weight is 281 g/mol. The minimum absolute atomic E-state index is 0.171. The largest absolute Gasteiger partial charge is 0.335 e. The summed E-state index contributed by atoms with van der Waals surface area (Å²) < 4.78 is 0. The summed E-state index contributed by atoms with van der Waals surface area (Å²) in [6, 6.07) is 7.96. The van der Waals surface area contributed by atoms with Gasteiger partial charge in [-0.25, -0.2) is 0 Å². The lowest BCUT2D eigenvalue weighted by molar-refractivity contribution is -0.136. The highest BCUT2D eigenvalue weighted by atomic mass is 35.5. The number of piperidine rings is 1. The Bertz CT molecular complexity index is 432. The standard InChI is InChI=1S/C15H21ClN2O/c1-11-3-2-4-14(10-17)18(11)15(19)9-12-5-7-13(16)8-6-12/h5-8,11,14H,2-4,9-10,17H2,1H3. The Balaban J connectivity index is 2.06. The summed E-state index contributed by atoms with van der Waals surface area (Å²) in [4.78, 5) is 14.5. The zero-order valence-corrected chi connectivity index (χ0v) is 12.1. The Hall–Kier alpha value is -1.06. The van der Waals surface area contributed by atoms with Gasteiger partial charge < -0.3 is 10.6 Å². The van der Waals surface area contributed by atoms with Crippen molar-refractivity contribution in [2.75, 3.05) is 6.54 Å². The number of hydrogen-bond donors (Lipinski definition) is 1. The number of carbonyl (C=O) groups is 1. The first-order valence-corrected chi connectivity index (χ1v) is 7.25. The zero-order chi connectivity index (χ0) is 13.8. The van der Waals surface area contributed by atoms with Crippen LogP contribution in [0.3, 0.4) is 0 Å². The van der Waals surface area contributed by atoms with Crippen molar-refractivity contribution in [2.45, 2.75) is 44.7 Å². The molecule has 2 N–H and O–H groups in total. The maximum atomic E-state index is 12.5. The summed E-state index contributed by atoms with van der Waals surface area (Å²) in [6.45, 7) is 2.66. The van der Waals surface area contributed by atoms with E-state index in [2.05, 4.69) is 6.92 Å². The second-order valence-electron chi connectivity index (χ2n) is 5.27. The molecule has 0 saturated carbocycles. The van der Waals surface area contributed by atoms with E-state index in [4.69, 9.17) is 17.3 Å². The predicted molar refractivity (Wildman–Crippen MR) is 78.2 cm³/mol. The summed E-state index contributed by atoms with van der Waals surface area (Å²) >= 11 is 5.85. The molecular formula is C15H21ClN2O. The zero-order valence-electron chi connectivity index (χ0n) is 11.3. The van der Waals surface area contributed by atoms with Gasteiger partial charge in [0.1, 0.15) is 0 Å². The second-order valence-corrected chi connectivity index (χ2v) is 5.71. The molecule has 1 aliphatic rings. The summed E-state index contributed by atoms with van der Waals surface area (Å²) in [5.74, 6) is 0.171. The topological polar surface area (TPSA) is 46.3 Å². The van der Waals surface area contributed by atoms with Crippen LogP contribution in [0.15, 0.2) is 24.3 Å². The van der Waals surface area contributed by atoms with Crippen LogP contribution in [0, 0.1) is 0 Å². The van der Waals surface area contributed by atoms with Gasteiger partial charge in [0.05, 0.1) is 6.42 Å². The molecule has 1 saturated heterocycles. The molecule has 1 aliphatic heterocycles. The predicted octanol–water partition coefficient (Wildman–Crippen LogP) is 2.61. The van der Waals surface area contributed by atoms with Crippen LogP contribution >= 0.6 is 11.6 Å². The Morgan fingerprint density at radius 2 is 2.05 bits per heavy atom. The van der Waals surface area contributed by atoms with Crippen molar-refractivity contribution >= 4 is 17.5 Å². The molecule has 104 valence electrons. The van der Waals surface area contributed by atoms with Crippen molar-refractivity contribution < 1.29 is 4.79 Å². The quantitative estimate of drug-likeness (QED) is 0.925. The van der Waals surface area contributed by atoms with Crippen LogP contribution < -0.4 is 5.73 Å². The molecular weight excluding hydrogens is 260 g/mol. The third-order valence-electron chi connectivity index (χ3n) is 3.86. The fourth-order valence-corrected chi connectivity index (χ4v) is 2.96. The molecule has 0 bridgehead atoms. The maximum absolute atomic E-state index is 12.5. The van der Waals surface area contributed by atoms with Gasteiger partial charge in [-0.05, 0) is 43.9 Å². The van der Waals surface area contributed by atoms with Crippen molar-refractivity contribution in [1.29, 1.82) is 0 Å². The molecule has 2 rings (SSSR count). The van der Waals surface area contributed by atoms with Crippen LogP contribution in [0.5, 0.6) is 0 Å². The summed E-state index contributed by atoms with van der Waals surface area (Å²) in [5, 5.41) is 0.697. The summed E-state index contributed by atoms with van der Waals surface area (Å²) in [7, 11) is 0. The monoisotopic (exact) mass is 280 g/mol. The Labute approximate surface area is 119 Å². The smallest absolute Gasteiger partial charge is 0.227 e. The van der Waals surface area contributed by atoms with Crippen LogP contribution in [-0.4, -0.2) is 29.4 Å². The molecule has 19 heavy (non-hydrogen) atoms. The molecule has 1 heterocycles. The average Bonchev–Trinajstić information content (AvgIpc) is 2.40. The minimum atomic E-state index is 0.171. The Kier molecular flexibility index (Phi) is 4.83. The fourth-order valence-electron chi connectivity index (χ4n) is 2.84. The van der Waals surface area contributed by atoms with Gasteiger partial charge in [-0.1, -0.05) is 23.7 Å². The van der Waals surface area contributed by atoms with Crippen LogP contribution in [0.1, 0.15) is 31.7 Å². The molecule has 3 nitrogen and oxygen atoms in total. The molecule has 2 atom stereocenters. The first kappa shape index (κ1) is 14.4. The molecule has 0 spiro atoms. The lowest BCUT2D eigenvalue weighted by Crippen LogP contribution is -2.52. The lowest BCUT2D eigenvalue weighted by Gasteiger charge is -2.40. The van der Waals surface area contributed by atoms with E-state index in [1.54, 1.807) is 0 Å². The molecule has 0 aliphatic carbocycles. The van der Waals surface area contributed by atoms with E-state index in [1.807, 2.05) is 29.2 Å². The van der Waals surface area contributed by atoms with Gasteiger partial charge in [0.2, 0.25) is 5.91 Å². The number of hydrogen-bond acceptors (Lipinski definition) is 2. The molecule has 1 fully saturated rings. The number of nitrogens with zero attached hydrogens (tertiary/aromatic N) is 1. The fraction of sp³-hybridized carbons (Fsp3) is 0.533. The molecule has 1 aromatic rings. The van der Waals surface area contributed by atoms with Crippen LogP contribution in [0.2, 0.25) is 5.02 Å². The van der Waals surface area contributed by atoms with Crippen LogP contribution in [0.25, 0.3) is 0 Å². The number of likely N-dealkylation sites (tertiary alicyclic amines) is 1. The molecule has 0 aromatic heterocycles. The van der Waals surface area contributed by atoms with Gasteiger partial charge >= 0.3 is 0 Å². The molecule has 2 unspecified atom stereocenters. The molecule has 4 heteroatoms. The van der Waals surface area contributed by atoms with Crippen molar-refractivity contribution in [2.24, 2.45) is 5.73 Å². The van der Waals surface area contributed by atoms with Crippen molar-refractivity contribution in [1.82, 2.24) is 4.90 Å². The van der Waals surface area contributed by atoms with E-state index < -0.39 is 0 Å². The van der Waals surface area contributed by atoms with E-state index in [0.29, 0.717) is 24.0 Å². The number of halogens is 1. The van der Waals surface area contributed by atoms with Gasteiger partial charge in [0.15, 0.2) is 0 Å². The minimum Gasteiger partial charge on any atom is -0.335 e. The first-order chi connectivity index (χ1) is 9.11. The molecule has 1 amide bonds. The second kappa shape index (κ2) is 6.40. The number of benzene rings is 1. The third-order valence-corrected chi connectivity index (χ3v) is 4.11. The Morgan fingerprint density at radius 1 is 1.37 bits per heavy atom. The highest BCUT2D eigenvalue weighted by Crippen LogP contribution is 2.23. The van der Waals surface area contributed by atoms with E-state index in [1.165, 1.54) is 0 Å². The molecule has 0 radical (unpaired) electrons. The van der Waals surface area contributed by atoms with Crippen molar-refractivity contribution in [3.63, 3.8) is 0 Å². The Morgan fingerprint density at radius 3 is 2.68 bits per heavy atom. The SMILES string of the molecule is CC1CCCC(CN)N1C(=O)Cc1ccc(Cl)cc1. The van der Waals surface area contributed by atoms with E-state index in [-0.39, 0.29) is 11.9 Å². The summed E-state index contributed by atoms with van der Waals surface area (Å²) in [6.07, 6.45) is 3.68. The van der Waals surface area contributed by atoms with Crippen LogP contribution in [-0.2, 0) is 11.2 Å². The first-order valence-electron chi connectivity index (χ1n) is 6.87. The number of carbonyl (C=O) groups excluding carboxylic acids is 1.